The topological polar surface area (TPSA) is 80.0 Å². The van der Waals surface area contributed by atoms with Gasteiger partial charge in [-0.3, -0.25) is 4.79 Å². The Kier molecular flexibility index (Phi) is 5.98. The average molecular weight is 360 g/mol. The number of hydrogen-bond donors (Lipinski definition) is 2. The minimum Gasteiger partial charge on any atom is -0.345 e. The fourth-order valence-corrected chi connectivity index (χ4v) is 3.39. The number of nitrogens with zero attached hydrogens (tertiary/aromatic N) is 2. The molecule has 1 fully saturated rings. The molecule has 6 nitrogen and oxygen atoms in total. The van der Waals surface area contributed by atoms with Crippen LogP contribution in [0.25, 0.3) is 11.4 Å². The maximum absolute atomic E-state index is 13.3. The summed E-state index contributed by atoms with van der Waals surface area (Å²) >= 11 is 0. The fraction of sp³-hybridized carbons (Fsp3) is 0.526. The van der Waals surface area contributed by atoms with Gasteiger partial charge in [-0.25, -0.2) is 4.39 Å². The minimum absolute atomic E-state index is 0.0194. The summed E-state index contributed by atoms with van der Waals surface area (Å²) in [6.45, 7) is 5.99. The highest BCUT2D eigenvalue weighted by Gasteiger charge is 2.24. The predicted octanol–water partition coefficient (Wildman–Crippen LogP) is 3.08. The maximum Gasteiger partial charge on any atom is 0.249 e. The number of carbonyl (C=O) groups excluding carboxylic acids is 1. The van der Waals surface area contributed by atoms with Crippen LogP contribution in [0.15, 0.2) is 28.8 Å². The maximum atomic E-state index is 13.3. The lowest BCUT2D eigenvalue weighted by Gasteiger charge is -2.28. The van der Waals surface area contributed by atoms with Gasteiger partial charge < -0.3 is 15.2 Å². The first-order chi connectivity index (χ1) is 12.5. The zero-order chi connectivity index (χ0) is 18.5. The van der Waals surface area contributed by atoms with E-state index in [9.17, 15) is 9.18 Å². The van der Waals surface area contributed by atoms with E-state index in [0.717, 1.165) is 25.9 Å². The molecule has 7 heteroatoms. The lowest BCUT2D eigenvalue weighted by Crippen LogP contribution is -2.34. The van der Waals surface area contributed by atoms with Crippen molar-refractivity contribution in [2.75, 3.05) is 13.1 Å². The van der Waals surface area contributed by atoms with Gasteiger partial charge in [0.1, 0.15) is 11.9 Å². The molecule has 26 heavy (non-hydrogen) atoms. The number of benzene rings is 1. The van der Waals surface area contributed by atoms with Gasteiger partial charge in [-0.05, 0) is 56.8 Å². The monoisotopic (exact) mass is 360 g/mol. The summed E-state index contributed by atoms with van der Waals surface area (Å²) in [6, 6.07) is 5.61. The molecule has 2 N–H and O–H groups in total. The van der Waals surface area contributed by atoms with Crippen LogP contribution in [-0.4, -0.2) is 29.1 Å². The summed E-state index contributed by atoms with van der Waals surface area (Å²) in [5.74, 6) is 1.17. The Morgan fingerprint density at radius 3 is 2.88 bits per heavy atom. The molecule has 1 saturated heterocycles. The number of carbonyl (C=O) groups is 1. The van der Waals surface area contributed by atoms with Crippen molar-refractivity contribution in [3.63, 3.8) is 0 Å². The number of hydrogen-bond acceptors (Lipinski definition) is 5. The summed E-state index contributed by atoms with van der Waals surface area (Å²) in [5, 5.41) is 10.1. The molecule has 140 valence electrons. The summed E-state index contributed by atoms with van der Waals surface area (Å²) < 4.78 is 18.6. The second-order valence-corrected chi connectivity index (χ2v) is 7.02. The molecule has 1 aliphatic heterocycles. The Balaban J connectivity index is 1.56. The quantitative estimate of drug-likeness (QED) is 0.827. The van der Waals surface area contributed by atoms with Crippen molar-refractivity contribution < 1.29 is 13.7 Å². The Hall–Kier alpha value is -2.28. The van der Waals surface area contributed by atoms with Gasteiger partial charge >= 0.3 is 0 Å². The SMILES string of the molecule is CC(NC(=O)CC(C)C1CCNCC1)c1nc(-c2cccc(F)c2)no1. The summed E-state index contributed by atoms with van der Waals surface area (Å²) in [4.78, 5) is 16.6. The zero-order valence-corrected chi connectivity index (χ0v) is 15.2. The molecule has 1 amide bonds. The first-order valence-electron chi connectivity index (χ1n) is 9.12. The fourth-order valence-electron chi connectivity index (χ4n) is 3.39. The molecule has 2 heterocycles. The highest BCUT2D eigenvalue weighted by atomic mass is 19.1. The molecule has 3 rings (SSSR count). The van der Waals surface area contributed by atoms with E-state index >= 15 is 0 Å². The van der Waals surface area contributed by atoms with E-state index in [1.807, 2.05) is 0 Å². The van der Waals surface area contributed by atoms with Crippen molar-refractivity contribution in [2.45, 2.75) is 39.2 Å². The van der Waals surface area contributed by atoms with Gasteiger partial charge in [-0.2, -0.15) is 4.98 Å². The van der Waals surface area contributed by atoms with Gasteiger partial charge in [0.05, 0.1) is 0 Å². The van der Waals surface area contributed by atoms with Gasteiger partial charge in [-0.15, -0.1) is 0 Å². The molecule has 1 aromatic heterocycles. The molecule has 2 unspecified atom stereocenters. The van der Waals surface area contributed by atoms with Crippen molar-refractivity contribution in [3.8, 4) is 11.4 Å². The highest BCUT2D eigenvalue weighted by Crippen LogP contribution is 2.25. The lowest BCUT2D eigenvalue weighted by atomic mass is 9.84. The predicted molar refractivity (Wildman–Crippen MR) is 95.6 cm³/mol. The molecule has 0 aliphatic carbocycles. The summed E-state index contributed by atoms with van der Waals surface area (Å²) in [6.07, 6.45) is 2.72. The third-order valence-electron chi connectivity index (χ3n) is 4.97. The first kappa shape index (κ1) is 18.5. The van der Waals surface area contributed by atoms with Gasteiger partial charge in [0.2, 0.25) is 17.6 Å². The molecule has 0 saturated carbocycles. The van der Waals surface area contributed by atoms with Crippen LogP contribution < -0.4 is 10.6 Å². The van der Waals surface area contributed by atoms with E-state index in [1.165, 1.54) is 12.1 Å². The highest BCUT2D eigenvalue weighted by molar-refractivity contribution is 5.76. The van der Waals surface area contributed by atoms with Gasteiger partial charge in [0.25, 0.3) is 0 Å². The Bertz CT molecular complexity index is 743. The zero-order valence-electron chi connectivity index (χ0n) is 15.2. The van der Waals surface area contributed by atoms with Crippen LogP contribution in [0, 0.1) is 17.7 Å². The van der Waals surface area contributed by atoms with Crippen LogP contribution in [0.4, 0.5) is 4.39 Å². The van der Waals surface area contributed by atoms with Crippen molar-refractivity contribution in [2.24, 2.45) is 11.8 Å². The van der Waals surface area contributed by atoms with E-state index in [2.05, 4.69) is 27.7 Å². The smallest absolute Gasteiger partial charge is 0.249 e. The van der Waals surface area contributed by atoms with Gasteiger partial charge in [0.15, 0.2) is 0 Å². The van der Waals surface area contributed by atoms with E-state index in [0.29, 0.717) is 35.5 Å². The third kappa shape index (κ3) is 4.66. The average Bonchev–Trinajstić information content (AvgIpc) is 3.12. The molecule has 0 spiro atoms. The normalized spacial score (nSPS) is 17.7. The largest absolute Gasteiger partial charge is 0.345 e. The summed E-state index contributed by atoms with van der Waals surface area (Å²) in [5.41, 5.74) is 0.540. The number of halogens is 1. The van der Waals surface area contributed by atoms with E-state index in [4.69, 9.17) is 4.52 Å². The number of nitrogens with one attached hydrogen (secondary N) is 2. The van der Waals surface area contributed by atoms with Crippen molar-refractivity contribution in [1.29, 1.82) is 0 Å². The number of rotatable bonds is 6. The number of piperidine rings is 1. The van der Waals surface area contributed by atoms with Crippen LogP contribution in [0.5, 0.6) is 0 Å². The molecule has 0 radical (unpaired) electrons. The van der Waals surface area contributed by atoms with Crippen molar-refractivity contribution >= 4 is 5.91 Å². The van der Waals surface area contributed by atoms with Crippen LogP contribution in [0.3, 0.4) is 0 Å². The number of aromatic nitrogens is 2. The van der Waals surface area contributed by atoms with Crippen LogP contribution in [0.2, 0.25) is 0 Å². The standard InChI is InChI=1S/C19H25FN4O2/c1-12(14-6-8-21-9-7-14)10-17(25)22-13(2)19-23-18(24-26-19)15-4-3-5-16(20)11-15/h3-5,11-14,21H,6-10H2,1-2H3,(H,22,25). The molecule has 1 aromatic carbocycles. The van der Waals surface area contributed by atoms with Crippen LogP contribution in [0.1, 0.15) is 45.0 Å². The lowest BCUT2D eigenvalue weighted by molar-refractivity contribution is -0.123. The van der Waals surface area contributed by atoms with Gasteiger partial charge in [-0.1, -0.05) is 24.2 Å². The minimum atomic E-state index is -0.391. The molecule has 2 aromatic rings. The molecule has 2 atom stereocenters. The Morgan fingerprint density at radius 1 is 1.38 bits per heavy atom. The van der Waals surface area contributed by atoms with Crippen molar-refractivity contribution in [1.82, 2.24) is 20.8 Å². The van der Waals surface area contributed by atoms with E-state index < -0.39 is 6.04 Å². The second-order valence-electron chi connectivity index (χ2n) is 7.02. The molecule has 0 bridgehead atoms. The molecular formula is C19H25FN4O2. The Labute approximate surface area is 152 Å². The molecule has 1 aliphatic rings. The molecular weight excluding hydrogens is 335 g/mol. The second kappa shape index (κ2) is 8.40. The first-order valence-corrected chi connectivity index (χ1v) is 9.12. The van der Waals surface area contributed by atoms with Crippen LogP contribution >= 0.6 is 0 Å². The summed E-state index contributed by atoms with van der Waals surface area (Å²) in [7, 11) is 0. The Morgan fingerprint density at radius 2 is 2.15 bits per heavy atom. The van der Waals surface area contributed by atoms with Crippen molar-refractivity contribution in [3.05, 3.63) is 36.0 Å². The van der Waals surface area contributed by atoms with Crippen LogP contribution in [-0.2, 0) is 4.79 Å². The van der Waals surface area contributed by atoms with Gasteiger partial charge in [0, 0.05) is 12.0 Å². The third-order valence-corrected chi connectivity index (χ3v) is 4.97. The van der Waals surface area contributed by atoms with E-state index in [1.54, 1.807) is 19.1 Å². The number of amides is 1. The van der Waals surface area contributed by atoms with E-state index in [-0.39, 0.29) is 11.7 Å².